The molecule has 2 rings (SSSR count). The fourth-order valence-electron chi connectivity index (χ4n) is 1.58. The lowest BCUT2D eigenvalue weighted by molar-refractivity contribution is -0.384. The Labute approximate surface area is 115 Å². The molecular weight excluding hydrogens is 293 g/mol. The van der Waals surface area contributed by atoms with E-state index in [0.29, 0.717) is 0 Å². The lowest BCUT2D eigenvalue weighted by atomic mass is 10.1. The molecule has 1 heterocycles. The van der Waals surface area contributed by atoms with Crippen LogP contribution in [0.3, 0.4) is 0 Å². The summed E-state index contributed by atoms with van der Waals surface area (Å²) in [6.07, 6.45) is -5.80. The molecule has 0 aliphatic carbocycles. The van der Waals surface area contributed by atoms with Gasteiger partial charge < -0.3 is 10.3 Å². The summed E-state index contributed by atoms with van der Waals surface area (Å²) in [5.74, 6) is -0.195. The molecule has 10 heteroatoms. The van der Waals surface area contributed by atoms with Crippen molar-refractivity contribution in [1.29, 1.82) is 0 Å². The largest absolute Gasteiger partial charge is 0.398 e. The van der Waals surface area contributed by atoms with Gasteiger partial charge >= 0.3 is 6.18 Å². The normalized spacial score (nSPS) is 11.6. The van der Waals surface area contributed by atoms with E-state index in [9.17, 15) is 23.3 Å². The van der Waals surface area contributed by atoms with Gasteiger partial charge in [0.2, 0.25) is 0 Å². The molecule has 0 radical (unpaired) electrons. The SMILES string of the molecule is Nc1cc([N+](=O)[O-])ccc1-c1nc(CCC(F)(F)F)no1. The lowest BCUT2D eigenvalue weighted by Gasteiger charge is -2.02. The van der Waals surface area contributed by atoms with Crippen molar-refractivity contribution in [2.75, 3.05) is 5.73 Å². The smallest absolute Gasteiger partial charge is 0.389 e. The molecule has 7 nitrogen and oxygen atoms in total. The number of hydrogen-bond donors (Lipinski definition) is 1. The number of rotatable bonds is 4. The van der Waals surface area contributed by atoms with E-state index in [1.807, 2.05) is 0 Å². The van der Waals surface area contributed by atoms with Gasteiger partial charge in [-0.2, -0.15) is 18.2 Å². The molecule has 2 N–H and O–H groups in total. The van der Waals surface area contributed by atoms with Crippen LogP contribution in [-0.4, -0.2) is 21.2 Å². The average molecular weight is 302 g/mol. The van der Waals surface area contributed by atoms with Crippen LogP contribution in [0.1, 0.15) is 12.2 Å². The summed E-state index contributed by atoms with van der Waals surface area (Å²) in [4.78, 5) is 13.7. The van der Waals surface area contributed by atoms with E-state index >= 15 is 0 Å². The minimum absolute atomic E-state index is 0.0234. The molecule has 0 amide bonds. The first kappa shape index (κ1) is 14.8. The molecule has 0 bridgehead atoms. The minimum Gasteiger partial charge on any atom is -0.398 e. The van der Waals surface area contributed by atoms with Crippen molar-refractivity contribution in [3.63, 3.8) is 0 Å². The zero-order valence-corrected chi connectivity index (χ0v) is 10.4. The van der Waals surface area contributed by atoms with Gasteiger partial charge in [0.05, 0.1) is 22.6 Å². The number of benzene rings is 1. The third-order valence-corrected chi connectivity index (χ3v) is 2.58. The topological polar surface area (TPSA) is 108 Å². The van der Waals surface area contributed by atoms with E-state index in [2.05, 4.69) is 10.1 Å². The minimum atomic E-state index is -4.31. The molecule has 0 aliphatic rings. The number of nitro benzene ring substituents is 1. The third-order valence-electron chi connectivity index (χ3n) is 2.58. The van der Waals surface area contributed by atoms with Crippen LogP contribution in [-0.2, 0) is 6.42 Å². The molecule has 2 aromatic rings. The Morgan fingerprint density at radius 3 is 2.67 bits per heavy atom. The number of nitrogens with two attached hydrogens (primary N) is 1. The quantitative estimate of drug-likeness (QED) is 0.528. The summed E-state index contributed by atoms with van der Waals surface area (Å²) < 4.78 is 41.1. The molecule has 0 aliphatic heterocycles. The standard InChI is InChI=1S/C11H9F3N4O3/c12-11(13,14)4-3-9-16-10(21-17-9)7-2-1-6(18(19)20)5-8(7)15/h1-2,5H,3-4,15H2. The maximum atomic E-state index is 12.1. The highest BCUT2D eigenvalue weighted by Gasteiger charge is 2.27. The number of aryl methyl sites for hydroxylation is 1. The Bertz CT molecular complexity index is 669. The van der Waals surface area contributed by atoms with Gasteiger partial charge in [-0.1, -0.05) is 5.16 Å². The van der Waals surface area contributed by atoms with Gasteiger partial charge in [-0.15, -0.1) is 0 Å². The van der Waals surface area contributed by atoms with Crippen LogP contribution < -0.4 is 5.73 Å². The van der Waals surface area contributed by atoms with Crippen LogP contribution in [0.5, 0.6) is 0 Å². The van der Waals surface area contributed by atoms with E-state index < -0.39 is 23.9 Å². The first-order chi connectivity index (χ1) is 9.76. The molecular formula is C11H9F3N4O3. The van der Waals surface area contributed by atoms with E-state index in [-0.39, 0.29) is 28.7 Å². The molecule has 0 atom stereocenters. The second-order valence-corrected chi connectivity index (χ2v) is 4.16. The van der Waals surface area contributed by atoms with Gasteiger partial charge in [0.1, 0.15) is 0 Å². The predicted octanol–water partition coefficient (Wildman–Crippen LogP) is 2.72. The summed E-state index contributed by atoms with van der Waals surface area (Å²) in [5, 5.41) is 14.0. The molecule has 0 spiro atoms. The number of aromatic nitrogens is 2. The Morgan fingerprint density at radius 1 is 1.38 bits per heavy atom. The average Bonchev–Trinajstić information content (AvgIpc) is 2.84. The summed E-state index contributed by atoms with van der Waals surface area (Å²) in [7, 11) is 0. The van der Waals surface area contributed by atoms with Gasteiger partial charge in [0, 0.05) is 18.6 Å². The second-order valence-electron chi connectivity index (χ2n) is 4.16. The molecule has 1 aromatic heterocycles. The summed E-state index contributed by atoms with van der Waals surface area (Å²) in [6.45, 7) is 0. The van der Waals surface area contributed by atoms with Crippen LogP contribution in [0.25, 0.3) is 11.5 Å². The van der Waals surface area contributed by atoms with Crippen molar-refractivity contribution in [3.05, 3.63) is 34.1 Å². The number of non-ortho nitro benzene ring substituents is 1. The maximum Gasteiger partial charge on any atom is 0.389 e. The second kappa shape index (κ2) is 5.38. The lowest BCUT2D eigenvalue weighted by Crippen LogP contribution is -2.09. The number of nitrogens with zero attached hydrogens (tertiary/aromatic N) is 3. The van der Waals surface area contributed by atoms with Crippen LogP contribution in [0, 0.1) is 10.1 Å². The van der Waals surface area contributed by atoms with Crippen LogP contribution in [0.4, 0.5) is 24.5 Å². The maximum absolute atomic E-state index is 12.1. The number of nitrogen functional groups attached to an aromatic ring is 1. The number of halogens is 3. The Kier molecular flexibility index (Phi) is 3.78. The molecule has 0 fully saturated rings. The van der Waals surface area contributed by atoms with E-state index in [1.54, 1.807) is 0 Å². The first-order valence-electron chi connectivity index (χ1n) is 5.70. The highest BCUT2D eigenvalue weighted by molar-refractivity contribution is 5.72. The van der Waals surface area contributed by atoms with Crippen molar-refractivity contribution in [2.45, 2.75) is 19.0 Å². The molecule has 21 heavy (non-hydrogen) atoms. The van der Waals surface area contributed by atoms with Crippen molar-refractivity contribution in [2.24, 2.45) is 0 Å². The third kappa shape index (κ3) is 3.68. The van der Waals surface area contributed by atoms with Gasteiger partial charge in [0.15, 0.2) is 5.82 Å². The number of hydrogen-bond acceptors (Lipinski definition) is 6. The summed E-state index contributed by atoms with van der Waals surface area (Å²) in [5.41, 5.74) is 5.67. The Hall–Kier alpha value is -2.65. The number of nitro groups is 1. The highest BCUT2D eigenvalue weighted by Crippen LogP contribution is 2.28. The predicted molar refractivity (Wildman–Crippen MR) is 65.2 cm³/mol. The molecule has 0 unspecified atom stereocenters. The molecule has 0 saturated heterocycles. The van der Waals surface area contributed by atoms with Gasteiger partial charge in [-0.25, -0.2) is 0 Å². The summed E-state index contributed by atoms with van der Waals surface area (Å²) >= 11 is 0. The fraction of sp³-hybridized carbons (Fsp3) is 0.273. The Morgan fingerprint density at radius 2 is 2.10 bits per heavy atom. The van der Waals surface area contributed by atoms with Crippen LogP contribution in [0.15, 0.2) is 22.7 Å². The zero-order valence-electron chi connectivity index (χ0n) is 10.4. The molecule has 112 valence electrons. The number of anilines is 1. The zero-order chi connectivity index (χ0) is 15.6. The van der Waals surface area contributed by atoms with Gasteiger partial charge in [-0.3, -0.25) is 10.1 Å². The van der Waals surface area contributed by atoms with Crippen LogP contribution >= 0.6 is 0 Å². The van der Waals surface area contributed by atoms with Crippen LogP contribution in [0.2, 0.25) is 0 Å². The highest BCUT2D eigenvalue weighted by atomic mass is 19.4. The Balaban J connectivity index is 2.20. The van der Waals surface area contributed by atoms with E-state index in [0.717, 1.165) is 6.07 Å². The summed E-state index contributed by atoms with van der Waals surface area (Å²) in [6, 6.07) is 3.59. The van der Waals surface area contributed by atoms with Crippen molar-refractivity contribution < 1.29 is 22.6 Å². The molecule has 1 aromatic carbocycles. The van der Waals surface area contributed by atoms with E-state index in [1.165, 1.54) is 12.1 Å². The molecule has 0 saturated carbocycles. The van der Waals surface area contributed by atoms with Crippen molar-refractivity contribution >= 4 is 11.4 Å². The van der Waals surface area contributed by atoms with Gasteiger partial charge in [-0.05, 0) is 6.07 Å². The fourth-order valence-corrected chi connectivity index (χ4v) is 1.58. The van der Waals surface area contributed by atoms with Gasteiger partial charge in [0.25, 0.3) is 11.6 Å². The monoisotopic (exact) mass is 302 g/mol. The number of alkyl halides is 3. The van der Waals surface area contributed by atoms with Crippen molar-refractivity contribution in [3.8, 4) is 11.5 Å². The van der Waals surface area contributed by atoms with Crippen molar-refractivity contribution in [1.82, 2.24) is 10.1 Å². The van der Waals surface area contributed by atoms with E-state index in [4.69, 9.17) is 10.3 Å². The first-order valence-corrected chi connectivity index (χ1v) is 5.70.